The van der Waals surface area contributed by atoms with Crippen molar-refractivity contribution in [1.29, 1.82) is 0 Å². The van der Waals surface area contributed by atoms with Crippen LogP contribution in [-0.4, -0.2) is 15.9 Å². The zero-order valence-corrected chi connectivity index (χ0v) is 28.3. The van der Waals surface area contributed by atoms with Crippen molar-refractivity contribution in [3.05, 3.63) is 162 Å². The van der Waals surface area contributed by atoms with E-state index < -0.39 is 0 Å². The van der Waals surface area contributed by atoms with Gasteiger partial charge in [0.2, 0.25) is 0 Å². The summed E-state index contributed by atoms with van der Waals surface area (Å²) in [6, 6.07) is 52.2. The summed E-state index contributed by atoms with van der Waals surface area (Å²) >= 11 is 0. The van der Waals surface area contributed by atoms with Crippen LogP contribution in [0.2, 0.25) is 0 Å². The third kappa shape index (κ3) is 4.02. The third-order valence-electron chi connectivity index (χ3n) is 10.8. The van der Waals surface area contributed by atoms with Crippen molar-refractivity contribution in [3.8, 4) is 27.9 Å². The summed E-state index contributed by atoms with van der Waals surface area (Å²) < 4.78 is 5.23. The Labute approximate surface area is 287 Å². The molecule has 0 amide bonds. The van der Waals surface area contributed by atoms with Crippen molar-refractivity contribution in [1.82, 2.24) is 9.05 Å². The van der Waals surface area contributed by atoms with Gasteiger partial charge in [-0.05, 0) is 108 Å². The molecule has 1 aliphatic rings. The highest BCUT2D eigenvalue weighted by Gasteiger charge is 2.37. The number of benzene rings is 7. The van der Waals surface area contributed by atoms with Crippen LogP contribution >= 0.6 is 0 Å². The van der Waals surface area contributed by atoms with Gasteiger partial charge in [-0.3, -0.25) is 0 Å². The van der Waals surface area contributed by atoms with Crippen LogP contribution in [0.25, 0.3) is 71.6 Å². The Bertz CT molecular complexity index is 2740. The minimum Gasteiger partial charge on any atom is -0.375 e. The molecular formula is C46H35BN2. The minimum absolute atomic E-state index is 0.0180. The Kier molecular flexibility index (Phi) is 5.96. The fraction of sp³-hybridized carbons (Fsp3) is 0.0870. The summed E-state index contributed by atoms with van der Waals surface area (Å²) in [6.45, 7) is 9.02. The van der Waals surface area contributed by atoms with Crippen molar-refractivity contribution in [2.24, 2.45) is 0 Å². The van der Waals surface area contributed by atoms with Gasteiger partial charge in [0.25, 0.3) is 0 Å². The van der Waals surface area contributed by atoms with E-state index in [4.69, 9.17) is 0 Å². The topological polar surface area (TPSA) is 9.86 Å². The lowest BCUT2D eigenvalue weighted by molar-refractivity contribution is 1.18. The number of rotatable bonds is 3. The molecule has 3 heterocycles. The van der Waals surface area contributed by atoms with Gasteiger partial charge in [-0.2, -0.15) is 0 Å². The average Bonchev–Trinajstić information content (AvgIpc) is 3.62. The van der Waals surface area contributed by atoms with Crippen LogP contribution in [0, 0.1) is 27.7 Å². The van der Waals surface area contributed by atoms with Gasteiger partial charge in [0.15, 0.2) is 0 Å². The Balaban J connectivity index is 1.40. The number of hydrogen-bond donors (Lipinski definition) is 0. The molecule has 0 spiro atoms. The van der Waals surface area contributed by atoms with Crippen LogP contribution in [0.3, 0.4) is 0 Å². The molecule has 9 aromatic rings. The maximum absolute atomic E-state index is 2.69. The molecular weight excluding hydrogens is 591 g/mol. The minimum atomic E-state index is -0.0180. The molecule has 10 rings (SSSR count). The van der Waals surface area contributed by atoms with E-state index in [1.807, 2.05) is 0 Å². The summed E-state index contributed by atoms with van der Waals surface area (Å²) in [6.07, 6.45) is 0. The second kappa shape index (κ2) is 10.4. The molecule has 0 aliphatic carbocycles. The van der Waals surface area contributed by atoms with Gasteiger partial charge in [0.05, 0.1) is 11.0 Å². The molecule has 1 aliphatic heterocycles. The first kappa shape index (κ1) is 28.2. The predicted molar refractivity (Wildman–Crippen MR) is 210 cm³/mol. The van der Waals surface area contributed by atoms with Gasteiger partial charge < -0.3 is 9.05 Å². The lowest BCUT2D eigenvalue weighted by atomic mass is 9.48. The normalized spacial score (nSPS) is 12.4. The van der Waals surface area contributed by atoms with Crippen LogP contribution in [0.1, 0.15) is 22.3 Å². The van der Waals surface area contributed by atoms with E-state index in [0.717, 1.165) is 0 Å². The quantitative estimate of drug-likeness (QED) is 0.173. The SMILES string of the molecule is Cc1cc(C)c2c(c1)c1cc(C)cc(C)c1n2B1c2ccccc2-n2c3ccc(-c4ccccc4)cc3c3cc(-c4ccccc4)cc1c32. The van der Waals surface area contributed by atoms with Crippen molar-refractivity contribution in [2.75, 3.05) is 0 Å². The number of nitrogens with zero attached hydrogens (tertiary/aromatic N) is 2. The van der Waals surface area contributed by atoms with E-state index in [1.54, 1.807) is 0 Å². The summed E-state index contributed by atoms with van der Waals surface area (Å²) in [4.78, 5) is 0. The molecule has 0 N–H and O–H groups in total. The fourth-order valence-corrected chi connectivity index (χ4v) is 8.95. The molecule has 49 heavy (non-hydrogen) atoms. The Morgan fingerprint density at radius 2 is 0.959 bits per heavy atom. The highest BCUT2D eigenvalue weighted by molar-refractivity contribution is 6.88. The maximum Gasteiger partial charge on any atom is 0.332 e. The molecule has 7 aromatic carbocycles. The molecule has 3 heteroatoms. The van der Waals surface area contributed by atoms with E-state index in [-0.39, 0.29) is 6.85 Å². The first-order chi connectivity index (χ1) is 24.0. The van der Waals surface area contributed by atoms with E-state index in [2.05, 4.69) is 176 Å². The van der Waals surface area contributed by atoms with E-state index in [1.165, 1.54) is 105 Å². The van der Waals surface area contributed by atoms with Gasteiger partial charge in [0, 0.05) is 38.3 Å². The number of hydrogen-bond acceptors (Lipinski definition) is 0. The van der Waals surface area contributed by atoms with Crippen LogP contribution in [0.15, 0.2) is 140 Å². The van der Waals surface area contributed by atoms with Crippen LogP contribution < -0.4 is 10.9 Å². The van der Waals surface area contributed by atoms with E-state index in [9.17, 15) is 0 Å². The Morgan fingerprint density at radius 3 is 1.61 bits per heavy atom. The Morgan fingerprint density at radius 1 is 0.408 bits per heavy atom. The molecule has 0 unspecified atom stereocenters. The molecule has 0 bridgehead atoms. The monoisotopic (exact) mass is 626 g/mol. The van der Waals surface area contributed by atoms with Crippen LogP contribution in [-0.2, 0) is 0 Å². The number of fused-ring (bicyclic) bond motifs is 8. The largest absolute Gasteiger partial charge is 0.375 e. The van der Waals surface area contributed by atoms with E-state index in [0.29, 0.717) is 0 Å². The predicted octanol–water partition coefficient (Wildman–Crippen LogP) is 10.4. The standard InChI is InChI=1S/C46H35BN2/c1-28-21-30(3)44-37(23-28)38-24-29(2)22-31(4)45(38)49(44)47-40-17-11-12-18-43(40)48-42-20-19-34(32-13-7-5-8-14-32)25-36(42)39-26-35(27-41(47)46(39)48)33-15-9-6-10-16-33/h5-27H,1-4H3. The lowest BCUT2D eigenvalue weighted by Gasteiger charge is -2.29. The van der Waals surface area contributed by atoms with E-state index >= 15 is 0 Å². The average molecular weight is 627 g/mol. The zero-order valence-electron chi connectivity index (χ0n) is 28.3. The molecule has 232 valence electrons. The first-order valence-electron chi connectivity index (χ1n) is 17.3. The molecule has 2 aromatic heterocycles. The zero-order chi connectivity index (χ0) is 33.0. The second-order valence-electron chi connectivity index (χ2n) is 14.0. The van der Waals surface area contributed by atoms with Crippen LogP contribution in [0.5, 0.6) is 0 Å². The molecule has 0 fully saturated rings. The van der Waals surface area contributed by atoms with Crippen molar-refractivity contribution in [2.45, 2.75) is 27.7 Å². The van der Waals surface area contributed by atoms with Gasteiger partial charge in [-0.25, -0.2) is 0 Å². The third-order valence-corrected chi connectivity index (χ3v) is 10.8. The van der Waals surface area contributed by atoms with Gasteiger partial charge in [0.1, 0.15) is 0 Å². The number of para-hydroxylation sites is 1. The first-order valence-corrected chi connectivity index (χ1v) is 17.3. The highest BCUT2D eigenvalue weighted by atomic mass is 15.0. The van der Waals surface area contributed by atoms with Crippen molar-refractivity contribution in [3.63, 3.8) is 0 Å². The summed E-state index contributed by atoms with van der Waals surface area (Å²) in [5.41, 5.74) is 19.3. The van der Waals surface area contributed by atoms with Crippen molar-refractivity contribution < 1.29 is 0 Å². The lowest BCUT2D eigenvalue weighted by Crippen LogP contribution is -2.53. The molecule has 0 radical (unpaired) electrons. The van der Waals surface area contributed by atoms with Gasteiger partial charge in [-0.1, -0.05) is 114 Å². The summed E-state index contributed by atoms with van der Waals surface area (Å²) in [5, 5.41) is 5.26. The second-order valence-corrected chi connectivity index (χ2v) is 14.0. The fourth-order valence-electron chi connectivity index (χ4n) is 8.95. The summed E-state index contributed by atoms with van der Waals surface area (Å²) in [5.74, 6) is 0. The Hall–Kier alpha value is -5.80. The molecule has 0 saturated carbocycles. The van der Waals surface area contributed by atoms with Gasteiger partial charge in [-0.15, -0.1) is 0 Å². The van der Waals surface area contributed by atoms with Crippen LogP contribution in [0.4, 0.5) is 0 Å². The molecule has 0 atom stereocenters. The molecule has 0 saturated heterocycles. The smallest absolute Gasteiger partial charge is 0.332 e. The highest BCUT2D eigenvalue weighted by Crippen LogP contribution is 2.40. The summed E-state index contributed by atoms with van der Waals surface area (Å²) in [7, 11) is 0. The maximum atomic E-state index is 2.69. The van der Waals surface area contributed by atoms with Gasteiger partial charge >= 0.3 is 6.85 Å². The number of aromatic nitrogens is 2. The molecule has 2 nitrogen and oxygen atoms in total. The number of aryl methyl sites for hydroxylation is 4. The van der Waals surface area contributed by atoms with Crippen molar-refractivity contribution >= 4 is 61.4 Å².